The van der Waals surface area contributed by atoms with Crippen molar-refractivity contribution in [3.05, 3.63) is 59.2 Å². The fourth-order valence-electron chi connectivity index (χ4n) is 3.30. The summed E-state index contributed by atoms with van der Waals surface area (Å²) in [6.45, 7) is 8.20. The summed E-state index contributed by atoms with van der Waals surface area (Å²) in [5.41, 5.74) is 4.88. The van der Waals surface area contributed by atoms with Gasteiger partial charge in [-0.2, -0.15) is 0 Å². The Labute approximate surface area is 162 Å². The van der Waals surface area contributed by atoms with E-state index in [0.29, 0.717) is 13.2 Å². The van der Waals surface area contributed by atoms with Crippen LogP contribution in [-0.4, -0.2) is 30.8 Å². The lowest BCUT2D eigenvalue weighted by Gasteiger charge is -2.32. The van der Waals surface area contributed by atoms with Crippen molar-refractivity contribution in [2.24, 2.45) is 0 Å². The molecule has 1 heterocycles. The maximum atomic E-state index is 10.9. The van der Waals surface area contributed by atoms with E-state index in [9.17, 15) is 4.79 Å². The SMILES string of the molecule is CC.Cc1ccc(CCOc2cccc3c2CCCN3CCC(=O)O)cc1. The summed E-state index contributed by atoms with van der Waals surface area (Å²) in [6.07, 6.45) is 3.06. The first kappa shape index (κ1) is 20.8. The highest BCUT2D eigenvalue weighted by molar-refractivity contribution is 5.68. The molecule has 2 aromatic rings. The van der Waals surface area contributed by atoms with Crippen LogP contribution in [0.3, 0.4) is 0 Å². The number of carboxylic acid groups (broad SMARTS) is 1. The van der Waals surface area contributed by atoms with Gasteiger partial charge in [-0.05, 0) is 37.5 Å². The third-order valence-corrected chi connectivity index (χ3v) is 4.67. The normalized spacial score (nSPS) is 12.6. The second kappa shape index (κ2) is 10.6. The van der Waals surface area contributed by atoms with Gasteiger partial charge < -0.3 is 14.7 Å². The van der Waals surface area contributed by atoms with Crippen molar-refractivity contribution in [2.75, 3.05) is 24.6 Å². The number of benzene rings is 2. The summed E-state index contributed by atoms with van der Waals surface area (Å²) in [7, 11) is 0. The van der Waals surface area contributed by atoms with E-state index in [0.717, 1.165) is 37.2 Å². The molecule has 1 aliphatic rings. The van der Waals surface area contributed by atoms with Crippen LogP contribution in [0.1, 0.15) is 43.4 Å². The number of fused-ring (bicyclic) bond motifs is 1. The Morgan fingerprint density at radius 3 is 2.59 bits per heavy atom. The quantitative estimate of drug-likeness (QED) is 0.756. The minimum atomic E-state index is -0.752. The first-order valence-corrected chi connectivity index (χ1v) is 9.90. The molecular weight excluding hydrogens is 338 g/mol. The molecule has 0 spiro atoms. The van der Waals surface area contributed by atoms with Crippen LogP contribution in [0.2, 0.25) is 0 Å². The zero-order valence-corrected chi connectivity index (χ0v) is 16.7. The fraction of sp³-hybridized carbons (Fsp3) is 0.435. The van der Waals surface area contributed by atoms with Crippen molar-refractivity contribution in [1.29, 1.82) is 0 Å². The monoisotopic (exact) mass is 369 g/mol. The smallest absolute Gasteiger partial charge is 0.305 e. The average molecular weight is 370 g/mol. The Morgan fingerprint density at radius 2 is 1.89 bits per heavy atom. The Balaban J connectivity index is 0.00000126. The summed E-state index contributed by atoms with van der Waals surface area (Å²) in [5, 5.41) is 8.94. The summed E-state index contributed by atoms with van der Waals surface area (Å²) in [4.78, 5) is 13.0. The number of rotatable bonds is 7. The van der Waals surface area contributed by atoms with Crippen LogP contribution in [0.25, 0.3) is 0 Å². The van der Waals surface area contributed by atoms with Crippen molar-refractivity contribution in [3.8, 4) is 5.75 Å². The second-order valence-electron chi connectivity index (χ2n) is 6.57. The molecule has 0 amide bonds. The van der Waals surface area contributed by atoms with Crippen molar-refractivity contribution >= 4 is 11.7 Å². The van der Waals surface area contributed by atoms with Gasteiger partial charge in [-0.3, -0.25) is 4.79 Å². The highest BCUT2D eigenvalue weighted by Gasteiger charge is 2.20. The van der Waals surface area contributed by atoms with Gasteiger partial charge in [-0.1, -0.05) is 49.7 Å². The van der Waals surface area contributed by atoms with Crippen LogP contribution in [0, 0.1) is 6.92 Å². The van der Waals surface area contributed by atoms with Gasteiger partial charge in [0.05, 0.1) is 13.0 Å². The van der Waals surface area contributed by atoms with E-state index >= 15 is 0 Å². The molecule has 4 nitrogen and oxygen atoms in total. The molecule has 0 fully saturated rings. The van der Waals surface area contributed by atoms with Gasteiger partial charge in [-0.25, -0.2) is 0 Å². The summed E-state index contributed by atoms with van der Waals surface area (Å²) < 4.78 is 6.07. The highest BCUT2D eigenvalue weighted by atomic mass is 16.5. The number of carboxylic acids is 1. The predicted octanol–water partition coefficient (Wildman–Crippen LogP) is 4.87. The van der Waals surface area contributed by atoms with Crippen LogP contribution in [0.15, 0.2) is 42.5 Å². The molecule has 4 heteroatoms. The number of hydrogen-bond donors (Lipinski definition) is 1. The van der Waals surface area contributed by atoms with E-state index in [4.69, 9.17) is 9.84 Å². The Bertz CT molecular complexity index is 725. The van der Waals surface area contributed by atoms with Gasteiger partial charge in [0.25, 0.3) is 0 Å². The molecule has 2 aromatic carbocycles. The fourth-order valence-corrected chi connectivity index (χ4v) is 3.30. The van der Waals surface area contributed by atoms with Gasteiger partial charge in [0.2, 0.25) is 0 Å². The van der Waals surface area contributed by atoms with E-state index in [1.54, 1.807) is 0 Å². The summed E-state index contributed by atoms with van der Waals surface area (Å²) in [6, 6.07) is 14.6. The van der Waals surface area contributed by atoms with Crippen LogP contribution in [0.4, 0.5) is 5.69 Å². The number of ether oxygens (including phenoxy) is 1. The lowest BCUT2D eigenvalue weighted by Crippen LogP contribution is -2.31. The topological polar surface area (TPSA) is 49.8 Å². The molecule has 0 saturated heterocycles. The lowest BCUT2D eigenvalue weighted by molar-refractivity contribution is -0.136. The molecule has 0 aliphatic carbocycles. The van der Waals surface area contributed by atoms with Gasteiger partial charge in [0.1, 0.15) is 5.75 Å². The van der Waals surface area contributed by atoms with Gasteiger partial charge in [0.15, 0.2) is 0 Å². The first-order valence-electron chi connectivity index (χ1n) is 9.90. The van der Waals surface area contributed by atoms with Crippen LogP contribution in [0.5, 0.6) is 5.75 Å². The average Bonchev–Trinajstić information content (AvgIpc) is 2.69. The third-order valence-electron chi connectivity index (χ3n) is 4.67. The minimum absolute atomic E-state index is 0.165. The predicted molar refractivity (Wildman–Crippen MR) is 111 cm³/mol. The van der Waals surface area contributed by atoms with E-state index in [2.05, 4.69) is 42.2 Å². The Morgan fingerprint density at radius 1 is 1.15 bits per heavy atom. The number of aliphatic carboxylic acids is 1. The zero-order valence-electron chi connectivity index (χ0n) is 16.7. The number of nitrogens with zero attached hydrogens (tertiary/aromatic N) is 1. The van der Waals surface area contributed by atoms with E-state index < -0.39 is 5.97 Å². The molecule has 3 rings (SSSR count). The zero-order chi connectivity index (χ0) is 19.6. The Kier molecular flexibility index (Phi) is 8.18. The van der Waals surface area contributed by atoms with E-state index in [1.165, 1.54) is 16.7 Å². The van der Waals surface area contributed by atoms with Crippen molar-refractivity contribution < 1.29 is 14.6 Å². The number of aryl methyl sites for hydroxylation is 1. The van der Waals surface area contributed by atoms with Crippen LogP contribution < -0.4 is 9.64 Å². The molecule has 146 valence electrons. The van der Waals surface area contributed by atoms with Crippen LogP contribution >= 0.6 is 0 Å². The molecule has 27 heavy (non-hydrogen) atoms. The van der Waals surface area contributed by atoms with E-state index in [1.807, 2.05) is 26.0 Å². The number of anilines is 1. The van der Waals surface area contributed by atoms with Gasteiger partial charge >= 0.3 is 5.97 Å². The molecule has 0 atom stereocenters. The van der Waals surface area contributed by atoms with Crippen LogP contribution in [-0.2, 0) is 17.6 Å². The van der Waals surface area contributed by atoms with Gasteiger partial charge in [-0.15, -0.1) is 0 Å². The third kappa shape index (κ3) is 6.02. The molecule has 0 unspecified atom stereocenters. The molecule has 0 aromatic heterocycles. The molecule has 0 radical (unpaired) electrons. The standard InChI is InChI=1S/C21H25NO3.C2H6/c1-16-7-9-17(10-8-16)12-15-25-20-6-2-5-19-18(20)4-3-13-22(19)14-11-21(23)24;1-2/h2,5-10H,3-4,11-15H2,1H3,(H,23,24);1-2H3. The van der Waals surface area contributed by atoms with Crippen molar-refractivity contribution in [2.45, 2.75) is 46.5 Å². The minimum Gasteiger partial charge on any atom is -0.493 e. The van der Waals surface area contributed by atoms with Gasteiger partial charge in [0, 0.05) is 30.8 Å². The second-order valence-corrected chi connectivity index (χ2v) is 6.57. The highest BCUT2D eigenvalue weighted by Crippen LogP contribution is 2.34. The molecule has 1 aliphatic heterocycles. The largest absolute Gasteiger partial charge is 0.493 e. The van der Waals surface area contributed by atoms with E-state index in [-0.39, 0.29) is 6.42 Å². The summed E-state index contributed by atoms with van der Waals surface area (Å²) in [5.74, 6) is 0.183. The maximum absolute atomic E-state index is 10.9. The van der Waals surface area contributed by atoms with Crippen molar-refractivity contribution in [3.63, 3.8) is 0 Å². The molecule has 0 saturated carbocycles. The lowest BCUT2D eigenvalue weighted by atomic mass is 10.0. The molecule has 1 N–H and O–H groups in total. The van der Waals surface area contributed by atoms with Crippen molar-refractivity contribution in [1.82, 2.24) is 0 Å². The Hall–Kier alpha value is -2.49. The molecular formula is C23H31NO3. The maximum Gasteiger partial charge on any atom is 0.305 e. The number of hydrogen-bond acceptors (Lipinski definition) is 3. The number of carbonyl (C=O) groups is 1. The first-order chi connectivity index (χ1) is 13.1. The molecule has 0 bridgehead atoms. The summed E-state index contributed by atoms with van der Waals surface area (Å²) >= 11 is 0.